The predicted octanol–water partition coefficient (Wildman–Crippen LogP) is 11.4. The van der Waals surface area contributed by atoms with Gasteiger partial charge >= 0.3 is 265 Å². The van der Waals surface area contributed by atoms with Crippen LogP contribution in [-0.4, -0.2) is 39.5 Å². The van der Waals surface area contributed by atoms with E-state index in [0.717, 1.165) is 18.3 Å². The molecule has 0 aliphatic carbocycles. The van der Waals surface area contributed by atoms with E-state index in [-0.39, 0.29) is 0 Å². The van der Waals surface area contributed by atoms with Crippen molar-refractivity contribution in [1.82, 2.24) is 0 Å². The maximum absolute atomic E-state index is 12.5. The van der Waals surface area contributed by atoms with Crippen LogP contribution in [0.5, 0.6) is 11.5 Å². The Bertz CT molecular complexity index is 1690. The second kappa shape index (κ2) is 19.0. The first-order valence-corrected chi connectivity index (χ1v) is 24.8. The summed E-state index contributed by atoms with van der Waals surface area (Å²) in [4.78, 5) is 25.1. The molecule has 0 saturated heterocycles. The summed E-state index contributed by atoms with van der Waals surface area (Å²) in [7, 11) is 14.6. The van der Waals surface area contributed by atoms with E-state index >= 15 is 0 Å². The van der Waals surface area contributed by atoms with Crippen LogP contribution in [0.15, 0.2) is 133 Å². The van der Waals surface area contributed by atoms with Gasteiger partial charge in [-0.25, -0.2) is 0 Å². The number of benzene rings is 5. The topological polar surface area (TPSA) is 71.1 Å². The van der Waals surface area contributed by atoms with Crippen LogP contribution in [0.1, 0.15) is 55.4 Å². The molecule has 5 rings (SSSR count). The Kier molecular flexibility index (Phi) is 15.4. The standard InChI is InChI=1S/C34H34Cl2O6Te.C6H6.C2H6/c1-33(2,3)41-31(37)39-29-19-17-25(21-27(29)23-13-9-7-10-14-23)43(35,36)26-18-20-30(40-32(38)42-34(4,5)6)28(22-26)24-15-11-8-12-16-24;1-2-4-6-5-3-1;1-2/h7-22H,1-6H3;1-6H;1-2H3. The van der Waals surface area contributed by atoms with Crippen molar-refractivity contribution >= 4 is 53.4 Å². The summed E-state index contributed by atoms with van der Waals surface area (Å²) in [5.41, 5.74) is 1.51. The first-order chi connectivity index (χ1) is 24.1. The van der Waals surface area contributed by atoms with Crippen molar-refractivity contribution in [1.29, 1.82) is 0 Å². The summed E-state index contributed by atoms with van der Waals surface area (Å²) >= 11 is -4.06. The molecule has 5 aromatic carbocycles. The summed E-state index contributed by atoms with van der Waals surface area (Å²) in [6, 6.07) is 41.7. The predicted molar refractivity (Wildman–Crippen MR) is 212 cm³/mol. The molecule has 0 amide bonds. The van der Waals surface area contributed by atoms with Crippen molar-refractivity contribution < 1.29 is 28.5 Å². The van der Waals surface area contributed by atoms with Crippen molar-refractivity contribution in [2.75, 3.05) is 0 Å². The van der Waals surface area contributed by atoms with E-state index in [1.807, 2.05) is 123 Å². The van der Waals surface area contributed by atoms with Crippen LogP contribution in [0.3, 0.4) is 0 Å². The third-order valence-corrected chi connectivity index (χ3v) is 16.1. The van der Waals surface area contributed by atoms with Crippen LogP contribution in [0.2, 0.25) is 0 Å². The van der Waals surface area contributed by atoms with E-state index in [1.165, 1.54) is 0 Å². The Labute approximate surface area is 313 Å². The fourth-order valence-electron chi connectivity index (χ4n) is 4.44. The molecule has 270 valence electrons. The van der Waals surface area contributed by atoms with E-state index < -0.39 is 39.5 Å². The average molecular weight is 845 g/mol. The molecule has 6 nitrogen and oxygen atoms in total. The third kappa shape index (κ3) is 13.2. The van der Waals surface area contributed by atoms with Crippen LogP contribution in [0.4, 0.5) is 9.59 Å². The quantitative estimate of drug-likeness (QED) is 0.0963. The number of hydrogen-bond donors (Lipinski definition) is 0. The van der Waals surface area contributed by atoms with E-state index in [0.29, 0.717) is 22.6 Å². The SMILES string of the molecule is CC.CC(C)(C)OC(=O)Oc1ccc([Te](Cl)(Cl)c2ccc(OC(=O)OC(C)(C)C)c(-c3ccccc3)c2)cc1-c1ccccc1.c1ccccc1. The largest absolute Gasteiger partial charge is 0.0623 e. The van der Waals surface area contributed by atoms with Gasteiger partial charge in [0, 0.05) is 0 Å². The Balaban J connectivity index is 0.000000782. The van der Waals surface area contributed by atoms with Crippen LogP contribution in [0.25, 0.3) is 22.3 Å². The van der Waals surface area contributed by atoms with Gasteiger partial charge in [0.15, 0.2) is 0 Å². The van der Waals surface area contributed by atoms with Crippen molar-refractivity contribution in [3.05, 3.63) is 133 Å². The van der Waals surface area contributed by atoms with Crippen LogP contribution in [0, 0.1) is 0 Å². The zero-order chi connectivity index (χ0) is 37.7. The van der Waals surface area contributed by atoms with Gasteiger partial charge in [-0.15, -0.1) is 0 Å². The molecule has 0 aliphatic heterocycles. The third-order valence-electron chi connectivity index (χ3n) is 6.50. The van der Waals surface area contributed by atoms with Gasteiger partial charge in [0.2, 0.25) is 0 Å². The molecule has 0 spiro atoms. The van der Waals surface area contributed by atoms with Gasteiger partial charge in [0.25, 0.3) is 0 Å². The van der Waals surface area contributed by atoms with Crippen LogP contribution >= 0.6 is 17.9 Å². The van der Waals surface area contributed by atoms with Gasteiger partial charge in [-0.2, -0.15) is 0 Å². The molecule has 0 atom stereocenters. The monoisotopic (exact) mass is 846 g/mol. The first kappa shape index (κ1) is 41.4. The number of ether oxygens (including phenoxy) is 4. The van der Waals surface area contributed by atoms with E-state index in [1.54, 1.807) is 65.8 Å². The van der Waals surface area contributed by atoms with Crippen LogP contribution < -0.4 is 16.7 Å². The van der Waals surface area contributed by atoms with Gasteiger partial charge in [-0.3, -0.25) is 0 Å². The summed E-state index contributed by atoms with van der Waals surface area (Å²) in [6.07, 6.45) is -1.62. The zero-order valence-electron chi connectivity index (χ0n) is 30.3. The second-order valence-electron chi connectivity index (χ2n) is 12.8. The van der Waals surface area contributed by atoms with Gasteiger partial charge in [0.05, 0.1) is 0 Å². The number of carbonyl (C=O) groups is 2. The Hall–Kier alpha value is -3.99. The molecule has 0 N–H and O–H groups in total. The number of carbonyl (C=O) groups excluding carboxylic acids is 2. The molecule has 0 unspecified atom stereocenters. The maximum atomic E-state index is 12.5. The normalized spacial score (nSPS) is 11.4. The Morgan fingerprint density at radius 2 is 0.784 bits per heavy atom. The van der Waals surface area contributed by atoms with Gasteiger partial charge in [0.1, 0.15) is 0 Å². The molecule has 51 heavy (non-hydrogen) atoms. The molecule has 0 heterocycles. The molecule has 0 saturated carbocycles. The van der Waals surface area contributed by atoms with Crippen molar-refractivity contribution in [3.8, 4) is 33.8 Å². The minimum absolute atomic E-state index is 0.322. The molecule has 5 aromatic rings. The maximum Gasteiger partial charge on any atom is -0.0623 e. The zero-order valence-corrected chi connectivity index (χ0v) is 34.2. The summed E-state index contributed by atoms with van der Waals surface area (Å²) in [5.74, 6) is 0.643. The first-order valence-electron chi connectivity index (χ1n) is 16.6. The summed E-state index contributed by atoms with van der Waals surface area (Å²) in [5, 5.41) is 0. The summed E-state index contributed by atoms with van der Waals surface area (Å²) < 4.78 is 23.4. The molecule has 0 fully saturated rings. The molecule has 0 aromatic heterocycles. The van der Waals surface area contributed by atoms with E-state index in [2.05, 4.69) is 0 Å². The minimum Gasteiger partial charge on any atom is -0.0623 e. The number of rotatable bonds is 6. The molecular formula is C42H46Cl2O6Te. The van der Waals surface area contributed by atoms with Gasteiger partial charge in [-0.05, 0) is 0 Å². The van der Waals surface area contributed by atoms with Gasteiger partial charge in [-0.1, -0.05) is 50.2 Å². The van der Waals surface area contributed by atoms with Crippen LogP contribution in [-0.2, 0) is 9.47 Å². The molecule has 0 radical (unpaired) electrons. The molecule has 0 bridgehead atoms. The van der Waals surface area contributed by atoms with Crippen molar-refractivity contribution in [3.63, 3.8) is 0 Å². The Morgan fingerprint density at radius 3 is 1.08 bits per heavy atom. The molecular weight excluding hydrogens is 799 g/mol. The number of halogens is 2. The fourth-order valence-corrected chi connectivity index (χ4v) is 10.7. The molecule has 9 heteroatoms. The van der Waals surface area contributed by atoms with Gasteiger partial charge < -0.3 is 0 Å². The smallest absolute Gasteiger partial charge is 0.0623 e. The summed E-state index contributed by atoms with van der Waals surface area (Å²) in [6.45, 7) is 14.6. The van der Waals surface area contributed by atoms with Crippen molar-refractivity contribution in [2.24, 2.45) is 0 Å². The van der Waals surface area contributed by atoms with Crippen molar-refractivity contribution in [2.45, 2.75) is 66.6 Å². The average Bonchev–Trinajstić information content (AvgIpc) is 3.09. The fraction of sp³-hybridized carbons (Fsp3) is 0.238. The minimum atomic E-state index is -4.06. The molecule has 0 aliphatic rings. The van der Waals surface area contributed by atoms with E-state index in [9.17, 15) is 9.59 Å². The van der Waals surface area contributed by atoms with E-state index in [4.69, 9.17) is 36.9 Å². The number of hydrogen-bond acceptors (Lipinski definition) is 6. The second-order valence-corrected chi connectivity index (χ2v) is 25.4. The Morgan fingerprint density at radius 1 is 0.490 bits per heavy atom.